The van der Waals surface area contributed by atoms with Crippen molar-refractivity contribution in [2.24, 2.45) is 0 Å². The van der Waals surface area contributed by atoms with E-state index in [0.717, 1.165) is 0 Å². The molecule has 3 heteroatoms. The molecule has 0 bridgehead atoms. The van der Waals surface area contributed by atoms with Crippen LogP contribution in [0.15, 0.2) is 18.2 Å². The maximum Gasteiger partial charge on any atom is 0.160 e. The molecular weight excluding hydrogens is 159 g/mol. The summed E-state index contributed by atoms with van der Waals surface area (Å²) in [5.74, 6) is -0.271. The minimum absolute atomic E-state index is 0.173. The Morgan fingerprint density at radius 3 is 2.58 bits per heavy atom. The number of methoxy groups -OCH3 is 1. The number of hydrogen-bond acceptors (Lipinski definition) is 2. The number of ketones is 1. The van der Waals surface area contributed by atoms with Crippen molar-refractivity contribution < 1.29 is 13.9 Å². The number of benzene rings is 1. The average molecular weight is 168 g/mol. The summed E-state index contributed by atoms with van der Waals surface area (Å²) < 4.78 is 17.5. The third kappa shape index (κ3) is 1.81. The number of Topliss-reactive ketones (excluding diaryl/α,β-unsaturated/α-hetero) is 1. The Hall–Kier alpha value is -1.38. The fraction of sp³-hybridized carbons (Fsp3) is 0.222. The van der Waals surface area contributed by atoms with Gasteiger partial charge < -0.3 is 4.74 Å². The number of carbonyl (C=O) groups is 1. The largest absolute Gasteiger partial charge is 0.497 e. The molecule has 0 spiro atoms. The van der Waals surface area contributed by atoms with Gasteiger partial charge in [-0.15, -0.1) is 0 Å². The third-order valence-corrected chi connectivity index (χ3v) is 1.51. The van der Waals surface area contributed by atoms with Crippen molar-refractivity contribution in [3.8, 4) is 5.75 Å². The summed E-state index contributed by atoms with van der Waals surface area (Å²) in [6, 6.07) is 3.92. The maximum atomic E-state index is 12.7. The quantitative estimate of drug-likeness (QED) is 0.631. The van der Waals surface area contributed by atoms with Crippen LogP contribution in [0.2, 0.25) is 0 Å². The highest BCUT2D eigenvalue weighted by atomic mass is 19.1. The molecule has 0 radical (unpaired) electrons. The molecule has 0 unspecified atom stereocenters. The topological polar surface area (TPSA) is 26.3 Å². The first kappa shape index (κ1) is 8.71. The normalized spacial score (nSPS) is 9.58. The van der Waals surface area contributed by atoms with Gasteiger partial charge >= 0.3 is 0 Å². The molecule has 0 saturated carbocycles. The predicted molar refractivity (Wildman–Crippen MR) is 43.0 cm³/mol. The summed E-state index contributed by atoms with van der Waals surface area (Å²) in [7, 11) is 1.43. The monoisotopic (exact) mass is 168 g/mol. The average Bonchev–Trinajstić information content (AvgIpc) is 2.03. The van der Waals surface area contributed by atoms with Crippen molar-refractivity contribution in [1.29, 1.82) is 0 Å². The van der Waals surface area contributed by atoms with E-state index < -0.39 is 5.82 Å². The van der Waals surface area contributed by atoms with Gasteiger partial charge in [0.2, 0.25) is 0 Å². The van der Waals surface area contributed by atoms with Crippen LogP contribution >= 0.6 is 0 Å². The van der Waals surface area contributed by atoms with E-state index in [-0.39, 0.29) is 5.78 Å². The van der Waals surface area contributed by atoms with E-state index in [1.54, 1.807) is 0 Å². The zero-order chi connectivity index (χ0) is 9.14. The molecule has 0 amide bonds. The SMILES string of the molecule is COc1cc(F)cc(C(C)=O)c1. The second-order valence-electron chi connectivity index (χ2n) is 2.44. The molecular formula is C9H9FO2. The van der Waals surface area contributed by atoms with Crippen molar-refractivity contribution in [3.63, 3.8) is 0 Å². The molecule has 1 aromatic rings. The van der Waals surface area contributed by atoms with Gasteiger partial charge in [-0.1, -0.05) is 0 Å². The standard InChI is InChI=1S/C9H9FO2/c1-6(11)7-3-8(10)5-9(4-7)12-2/h3-5H,1-2H3. The molecule has 64 valence electrons. The summed E-state index contributed by atoms with van der Waals surface area (Å²) in [5, 5.41) is 0. The minimum atomic E-state index is -0.459. The Balaban J connectivity index is 3.15. The van der Waals surface area contributed by atoms with E-state index in [0.29, 0.717) is 11.3 Å². The van der Waals surface area contributed by atoms with Gasteiger partial charge in [-0.25, -0.2) is 4.39 Å². The number of hydrogen-bond donors (Lipinski definition) is 0. The zero-order valence-electron chi connectivity index (χ0n) is 6.93. The Labute approximate surface area is 70.0 Å². The molecule has 0 aliphatic rings. The first-order valence-corrected chi connectivity index (χ1v) is 3.49. The van der Waals surface area contributed by atoms with Crippen LogP contribution in [0.4, 0.5) is 4.39 Å². The molecule has 2 nitrogen and oxygen atoms in total. The molecule has 0 aliphatic heterocycles. The van der Waals surface area contributed by atoms with E-state index >= 15 is 0 Å². The lowest BCUT2D eigenvalue weighted by Crippen LogP contribution is -1.94. The molecule has 1 aromatic carbocycles. The van der Waals surface area contributed by atoms with Gasteiger partial charge in [0.25, 0.3) is 0 Å². The lowest BCUT2D eigenvalue weighted by atomic mass is 10.1. The molecule has 1 rings (SSSR count). The summed E-state index contributed by atoms with van der Waals surface area (Å²) in [6.45, 7) is 1.38. The van der Waals surface area contributed by atoms with E-state index in [1.807, 2.05) is 0 Å². The van der Waals surface area contributed by atoms with Crippen LogP contribution in [-0.2, 0) is 0 Å². The first-order chi connectivity index (χ1) is 5.63. The van der Waals surface area contributed by atoms with Crippen molar-refractivity contribution in [1.82, 2.24) is 0 Å². The highest BCUT2D eigenvalue weighted by Gasteiger charge is 2.03. The lowest BCUT2D eigenvalue weighted by Gasteiger charge is -2.01. The van der Waals surface area contributed by atoms with Gasteiger partial charge in [-0.2, -0.15) is 0 Å². The maximum absolute atomic E-state index is 12.7. The molecule has 0 saturated heterocycles. The molecule has 0 heterocycles. The van der Waals surface area contributed by atoms with Crippen LogP contribution < -0.4 is 4.74 Å². The van der Waals surface area contributed by atoms with Gasteiger partial charge in [0, 0.05) is 11.6 Å². The van der Waals surface area contributed by atoms with Crippen LogP contribution in [0.1, 0.15) is 17.3 Å². The van der Waals surface area contributed by atoms with Crippen LogP contribution in [0.25, 0.3) is 0 Å². The smallest absolute Gasteiger partial charge is 0.160 e. The number of halogens is 1. The number of ether oxygens (including phenoxy) is 1. The Kier molecular flexibility index (Phi) is 2.43. The Morgan fingerprint density at radius 1 is 1.42 bits per heavy atom. The molecule has 12 heavy (non-hydrogen) atoms. The summed E-state index contributed by atoms with van der Waals surface area (Å²) in [5.41, 5.74) is 0.326. The Bertz CT molecular complexity index is 307. The van der Waals surface area contributed by atoms with E-state index in [9.17, 15) is 9.18 Å². The Morgan fingerprint density at radius 2 is 2.08 bits per heavy atom. The van der Waals surface area contributed by atoms with Gasteiger partial charge in [0.1, 0.15) is 11.6 Å². The van der Waals surface area contributed by atoms with Crippen molar-refractivity contribution in [2.45, 2.75) is 6.92 Å². The van der Waals surface area contributed by atoms with E-state index in [1.165, 1.54) is 32.2 Å². The highest BCUT2D eigenvalue weighted by molar-refractivity contribution is 5.94. The number of rotatable bonds is 2. The highest BCUT2D eigenvalue weighted by Crippen LogP contribution is 2.15. The van der Waals surface area contributed by atoms with E-state index in [4.69, 9.17) is 4.74 Å². The second kappa shape index (κ2) is 3.34. The summed E-state index contributed by atoms with van der Waals surface area (Å²) in [4.78, 5) is 10.8. The third-order valence-electron chi connectivity index (χ3n) is 1.51. The molecule has 0 aliphatic carbocycles. The van der Waals surface area contributed by atoms with Crippen LogP contribution in [0.3, 0.4) is 0 Å². The van der Waals surface area contributed by atoms with Gasteiger partial charge in [0.15, 0.2) is 5.78 Å². The van der Waals surface area contributed by atoms with Crippen LogP contribution in [0.5, 0.6) is 5.75 Å². The van der Waals surface area contributed by atoms with E-state index in [2.05, 4.69) is 0 Å². The minimum Gasteiger partial charge on any atom is -0.497 e. The van der Waals surface area contributed by atoms with Crippen molar-refractivity contribution in [3.05, 3.63) is 29.6 Å². The van der Waals surface area contributed by atoms with Crippen molar-refractivity contribution in [2.75, 3.05) is 7.11 Å². The predicted octanol–water partition coefficient (Wildman–Crippen LogP) is 2.04. The lowest BCUT2D eigenvalue weighted by molar-refractivity contribution is 0.101. The van der Waals surface area contributed by atoms with Gasteiger partial charge in [-0.3, -0.25) is 4.79 Å². The van der Waals surface area contributed by atoms with Crippen molar-refractivity contribution >= 4 is 5.78 Å². The first-order valence-electron chi connectivity index (χ1n) is 3.49. The number of carbonyl (C=O) groups excluding carboxylic acids is 1. The molecule has 0 atom stereocenters. The van der Waals surface area contributed by atoms with Crippen LogP contribution in [-0.4, -0.2) is 12.9 Å². The molecule has 0 aromatic heterocycles. The van der Waals surface area contributed by atoms with Gasteiger partial charge in [0.05, 0.1) is 7.11 Å². The fourth-order valence-corrected chi connectivity index (χ4v) is 0.884. The summed E-state index contributed by atoms with van der Waals surface area (Å²) in [6.07, 6.45) is 0. The fourth-order valence-electron chi connectivity index (χ4n) is 0.884. The second-order valence-corrected chi connectivity index (χ2v) is 2.44. The molecule has 0 N–H and O–H groups in total. The summed E-state index contributed by atoms with van der Waals surface area (Å²) >= 11 is 0. The molecule has 0 fully saturated rings. The van der Waals surface area contributed by atoms with Gasteiger partial charge in [-0.05, 0) is 19.1 Å². The zero-order valence-corrected chi connectivity index (χ0v) is 6.93. The van der Waals surface area contributed by atoms with Crippen LogP contribution in [0, 0.1) is 5.82 Å².